The van der Waals surface area contributed by atoms with Crippen LogP contribution in [0.25, 0.3) is 10.9 Å². The van der Waals surface area contributed by atoms with Crippen LogP contribution in [0, 0.1) is 11.3 Å². The molecule has 0 saturated heterocycles. The fourth-order valence-electron chi connectivity index (χ4n) is 1.87. The SMILES string of the molecule is N#CC1(NC(=O)c2ccc3[nH]ccc3c2)CC1. The number of hydrogen-bond donors (Lipinski definition) is 2. The van der Waals surface area contributed by atoms with Crippen LogP contribution in [0.5, 0.6) is 0 Å². The van der Waals surface area contributed by atoms with Gasteiger partial charge in [-0.05, 0) is 37.1 Å². The number of hydrogen-bond acceptors (Lipinski definition) is 2. The van der Waals surface area contributed by atoms with E-state index in [9.17, 15) is 4.79 Å². The summed E-state index contributed by atoms with van der Waals surface area (Å²) < 4.78 is 0. The number of amides is 1. The van der Waals surface area contributed by atoms with E-state index in [0.29, 0.717) is 5.56 Å². The molecule has 2 N–H and O–H groups in total. The van der Waals surface area contributed by atoms with E-state index >= 15 is 0 Å². The van der Waals surface area contributed by atoms with Crippen molar-refractivity contribution in [1.29, 1.82) is 5.26 Å². The third-order valence-electron chi connectivity index (χ3n) is 3.13. The molecule has 84 valence electrons. The van der Waals surface area contributed by atoms with Crippen molar-refractivity contribution in [3.8, 4) is 6.07 Å². The Hall–Kier alpha value is -2.28. The first kappa shape index (κ1) is 9.91. The second-order valence-electron chi connectivity index (χ2n) is 4.43. The van der Waals surface area contributed by atoms with E-state index < -0.39 is 5.54 Å². The minimum Gasteiger partial charge on any atom is -0.361 e. The summed E-state index contributed by atoms with van der Waals surface area (Å²) in [5, 5.41) is 12.7. The minimum atomic E-state index is -0.607. The number of nitrogens with one attached hydrogen (secondary N) is 2. The second-order valence-corrected chi connectivity index (χ2v) is 4.43. The number of nitriles is 1. The number of nitrogens with zero attached hydrogens (tertiary/aromatic N) is 1. The van der Waals surface area contributed by atoms with Crippen LogP contribution in [0.4, 0.5) is 0 Å². The summed E-state index contributed by atoms with van der Waals surface area (Å²) in [5.74, 6) is -0.174. The van der Waals surface area contributed by atoms with Crippen molar-refractivity contribution in [3.05, 3.63) is 36.0 Å². The molecular formula is C13H11N3O. The van der Waals surface area contributed by atoms with E-state index in [0.717, 1.165) is 23.7 Å². The average Bonchev–Trinajstić information content (AvgIpc) is 2.96. The minimum absolute atomic E-state index is 0.174. The Bertz CT molecular complexity index is 631. The monoisotopic (exact) mass is 225 g/mol. The van der Waals surface area contributed by atoms with Crippen LogP contribution in [-0.2, 0) is 0 Å². The van der Waals surface area contributed by atoms with Gasteiger partial charge in [0.05, 0.1) is 6.07 Å². The van der Waals surface area contributed by atoms with Gasteiger partial charge in [-0.25, -0.2) is 0 Å². The summed E-state index contributed by atoms with van der Waals surface area (Å²) in [6.07, 6.45) is 3.34. The van der Waals surface area contributed by atoms with Gasteiger partial charge in [0, 0.05) is 22.7 Å². The molecule has 1 heterocycles. The summed E-state index contributed by atoms with van der Waals surface area (Å²) >= 11 is 0. The molecule has 0 unspecified atom stereocenters. The Morgan fingerprint density at radius 2 is 2.24 bits per heavy atom. The van der Waals surface area contributed by atoms with Gasteiger partial charge >= 0.3 is 0 Å². The van der Waals surface area contributed by atoms with Crippen molar-refractivity contribution < 1.29 is 4.79 Å². The van der Waals surface area contributed by atoms with Crippen molar-refractivity contribution in [2.75, 3.05) is 0 Å². The molecule has 1 fully saturated rings. The van der Waals surface area contributed by atoms with Crippen molar-refractivity contribution in [2.45, 2.75) is 18.4 Å². The first-order valence-electron chi connectivity index (χ1n) is 5.53. The number of benzene rings is 1. The molecular weight excluding hydrogens is 214 g/mol. The van der Waals surface area contributed by atoms with Crippen LogP contribution < -0.4 is 5.32 Å². The van der Waals surface area contributed by atoms with Gasteiger partial charge in [-0.2, -0.15) is 5.26 Å². The third-order valence-corrected chi connectivity index (χ3v) is 3.13. The number of aromatic nitrogens is 1. The van der Waals surface area contributed by atoms with Gasteiger partial charge < -0.3 is 10.3 Å². The predicted octanol–water partition coefficient (Wildman–Crippen LogP) is 1.95. The van der Waals surface area contributed by atoms with E-state index in [4.69, 9.17) is 5.26 Å². The summed E-state index contributed by atoms with van der Waals surface area (Å²) in [6.45, 7) is 0. The molecule has 1 aromatic heterocycles. The molecule has 1 aliphatic carbocycles. The lowest BCUT2D eigenvalue weighted by molar-refractivity contribution is 0.0942. The molecule has 0 atom stereocenters. The summed E-state index contributed by atoms with van der Waals surface area (Å²) in [6, 6.07) is 9.53. The lowest BCUT2D eigenvalue weighted by Gasteiger charge is -2.08. The molecule has 1 aromatic carbocycles. The van der Waals surface area contributed by atoms with Gasteiger partial charge in [-0.15, -0.1) is 0 Å². The normalized spacial score (nSPS) is 16.4. The molecule has 4 nitrogen and oxygen atoms in total. The molecule has 1 aliphatic rings. The van der Waals surface area contributed by atoms with Crippen molar-refractivity contribution in [1.82, 2.24) is 10.3 Å². The molecule has 1 amide bonds. The molecule has 3 rings (SSSR count). The van der Waals surface area contributed by atoms with Crippen LogP contribution in [0.1, 0.15) is 23.2 Å². The zero-order valence-corrected chi connectivity index (χ0v) is 9.16. The van der Waals surface area contributed by atoms with Gasteiger partial charge in [0.2, 0.25) is 0 Å². The van der Waals surface area contributed by atoms with Crippen molar-refractivity contribution in [2.24, 2.45) is 0 Å². The predicted molar refractivity (Wildman–Crippen MR) is 63.3 cm³/mol. The lowest BCUT2D eigenvalue weighted by atomic mass is 10.1. The molecule has 0 aliphatic heterocycles. The smallest absolute Gasteiger partial charge is 0.252 e. The number of H-pyrrole nitrogens is 1. The standard InChI is InChI=1S/C13H11N3O/c14-8-13(4-5-13)16-12(17)10-1-2-11-9(7-10)3-6-15-11/h1-3,6-7,15H,4-5H2,(H,16,17). The van der Waals surface area contributed by atoms with E-state index in [1.165, 1.54) is 0 Å². The van der Waals surface area contributed by atoms with Crippen LogP contribution in [0.2, 0.25) is 0 Å². The highest BCUT2D eigenvalue weighted by Gasteiger charge is 2.44. The molecule has 0 radical (unpaired) electrons. The van der Waals surface area contributed by atoms with Crippen molar-refractivity contribution >= 4 is 16.8 Å². The second kappa shape index (κ2) is 3.36. The van der Waals surface area contributed by atoms with E-state index in [1.54, 1.807) is 6.07 Å². The Balaban J connectivity index is 1.88. The Morgan fingerprint density at radius 3 is 2.94 bits per heavy atom. The Morgan fingerprint density at radius 1 is 1.41 bits per heavy atom. The highest BCUT2D eigenvalue weighted by molar-refractivity contribution is 5.98. The molecule has 17 heavy (non-hydrogen) atoms. The topological polar surface area (TPSA) is 68.7 Å². The zero-order chi connectivity index (χ0) is 11.9. The summed E-state index contributed by atoms with van der Waals surface area (Å²) in [4.78, 5) is 15.0. The zero-order valence-electron chi connectivity index (χ0n) is 9.16. The van der Waals surface area contributed by atoms with Gasteiger partial charge in [0.25, 0.3) is 5.91 Å². The number of rotatable bonds is 2. The maximum absolute atomic E-state index is 12.0. The van der Waals surface area contributed by atoms with Gasteiger partial charge in [0.1, 0.15) is 5.54 Å². The quantitative estimate of drug-likeness (QED) is 0.820. The van der Waals surface area contributed by atoms with Gasteiger partial charge in [0.15, 0.2) is 0 Å². The highest BCUT2D eigenvalue weighted by atomic mass is 16.1. The maximum Gasteiger partial charge on any atom is 0.252 e. The molecule has 0 bridgehead atoms. The van der Waals surface area contributed by atoms with Crippen LogP contribution in [0.3, 0.4) is 0 Å². The highest BCUT2D eigenvalue weighted by Crippen LogP contribution is 2.34. The molecule has 4 heteroatoms. The molecule has 0 spiro atoms. The van der Waals surface area contributed by atoms with E-state index in [-0.39, 0.29) is 5.91 Å². The van der Waals surface area contributed by atoms with E-state index in [2.05, 4.69) is 16.4 Å². The third kappa shape index (κ3) is 1.66. The van der Waals surface area contributed by atoms with Crippen LogP contribution in [-0.4, -0.2) is 16.4 Å². The Kier molecular flexibility index (Phi) is 1.96. The average molecular weight is 225 g/mol. The summed E-state index contributed by atoms with van der Waals surface area (Å²) in [5.41, 5.74) is 0.992. The van der Waals surface area contributed by atoms with E-state index in [1.807, 2.05) is 24.4 Å². The fourth-order valence-corrected chi connectivity index (χ4v) is 1.87. The number of fused-ring (bicyclic) bond motifs is 1. The summed E-state index contributed by atoms with van der Waals surface area (Å²) in [7, 11) is 0. The number of carbonyl (C=O) groups is 1. The first-order chi connectivity index (χ1) is 8.22. The van der Waals surface area contributed by atoms with Crippen LogP contribution in [0.15, 0.2) is 30.5 Å². The van der Waals surface area contributed by atoms with Gasteiger partial charge in [-0.1, -0.05) is 0 Å². The first-order valence-corrected chi connectivity index (χ1v) is 5.53. The largest absolute Gasteiger partial charge is 0.361 e. The molecule has 1 saturated carbocycles. The van der Waals surface area contributed by atoms with Gasteiger partial charge in [-0.3, -0.25) is 4.79 Å². The lowest BCUT2D eigenvalue weighted by Crippen LogP contribution is -2.35. The van der Waals surface area contributed by atoms with Crippen LogP contribution >= 0.6 is 0 Å². The fraction of sp³-hybridized carbons (Fsp3) is 0.231. The number of aromatic amines is 1. The number of carbonyl (C=O) groups excluding carboxylic acids is 1. The molecule has 2 aromatic rings. The van der Waals surface area contributed by atoms with Crippen molar-refractivity contribution in [3.63, 3.8) is 0 Å². The maximum atomic E-state index is 12.0. The Labute approximate surface area is 98.2 Å².